The van der Waals surface area contributed by atoms with Crippen LogP contribution in [0.25, 0.3) is 0 Å². The van der Waals surface area contributed by atoms with Crippen molar-refractivity contribution in [2.45, 2.75) is 38.8 Å². The molecule has 1 fully saturated rings. The van der Waals surface area contributed by atoms with Crippen molar-refractivity contribution in [3.05, 3.63) is 0 Å². The molecule has 1 aliphatic heterocycles. The fraction of sp³-hybridized carbons (Fsp3) is 1.00. The molecule has 0 aliphatic carbocycles. The Labute approximate surface area is 80.9 Å². The summed E-state index contributed by atoms with van der Waals surface area (Å²) in [4.78, 5) is 0. The quantitative estimate of drug-likeness (QED) is 0.593. The number of nitrogens with one attached hydrogen (secondary N) is 2. The van der Waals surface area contributed by atoms with Gasteiger partial charge in [-0.15, -0.1) is 0 Å². The van der Waals surface area contributed by atoms with Crippen LogP contribution in [0.15, 0.2) is 0 Å². The number of hydrogen-bond acceptors (Lipinski definition) is 3. The van der Waals surface area contributed by atoms with Crippen LogP contribution in [-0.4, -0.2) is 36.9 Å². The summed E-state index contributed by atoms with van der Waals surface area (Å²) in [5.41, 5.74) is 0. The molecule has 0 aromatic carbocycles. The summed E-state index contributed by atoms with van der Waals surface area (Å²) in [5.74, 6) is 0.482. The lowest BCUT2D eigenvalue weighted by molar-refractivity contribution is 0.0596. The minimum Gasteiger partial charge on any atom is -0.391 e. The topological polar surface area (TPSA) is 44.3 Å². The van der Waals surface area contributed by atoms with Crippen molar-refractivity contribution in [1.29, 1.82) is 0 Å². The lowest BCUT2D eigenvalue weighted by atomic mass is 9.89. The molecule has 0 saturated carbocycles. The fourth-order valence-electron chi connectivity index (χ4n) is 2.04. The van der Waals surface area contributed by atoms with Crippen LogP contribution in [0.2, 0.25) is 0 Å². The highest BCUT2D eigenvalue weighted by Crippen LogP contribution is 2.18. The minimum atomic E-state index is -0.179. The first-order valence-corrected chi connectivity index (χ1v) is 5.38. The molecule has 2 atom stereocenters. The molecule has 13 heavy (non-hydrogen) atoms. The van der Waals surface area contributed by atoms with Gasteiger partial charge >= 0.3 is 0 Å². The number of rotatable bonds is 4. The SMILES string of the molecule is CCNC(C)C(O)C1CCNCC1. The van der Waals surface area contributed by atoms with Gasteiger partial charge in [0, 0.05) is 6.04 Å². The predicted octanol–water partition coefficient (Wildman–Crippen LogP) is 0.345. The van der Waals surface area contributed by atoms with Gasteiger partial charge in [-0.2, -0.15) is 0 Å². The summed E-state index contributed by atoms with van der Waals surface area (Å²) < 4.78 is 0. The van der Waals surface area contributed by atoms with E-state index in [1.165, 1.54) is 0 Å². The molecule has 0 aromatic rings. The molecule has 0 bridgehead atoms. The van der Waals surface area contributed by atoms with Crippen molar-refractivity contribution >= 4 is 0 Å². The molecular formula is C10H22N2O. The monoisotopic (exact) mass is 186 g/mol. The first-order chi connectivity index (χ1) is 6.25. The molecule has 0 aromatic heterocycles. The van der Waals surface area contributed by atoms with Crippen LogP contribution < -0.4 is 10.6 Å². The largest absolute Gasteiger partial charge is 0.391 e. The zero-order valence-electron chi connectivity index (χ0n) is 8.71. The molecule has 3 N–H and O–H groups in total. The molecule has 2 unspecified atom stereocenters. The Hall–Kier alpha value is -0.120. The Balaban J connectivity index is 2.31. The van der Waals surface area contributed by atoms with Gasteiger partial charge in [-0.25, -0.2) is 0 Å². The molecule has 0 amide bonds. The van der Waals surface area contributed by atoms with Crippen molar-refractivity contribution < 1.29 is 5.11 Å². The molecular weight excluding hydrogens is 164 g/mol. The molecule has 0 spiro atoms. The van der Waals surface area contributed by atoms with Gasteiger partial charge in [-0.3, -0.25) is 0 Å². The second-order valence-electron chi connectivity index (χ2n) is 3.92. The highest BCUT2D eigenvalue weighted by molar-refractivity contribution is 4.81. The second-order valence-corrected chi connectivity index (χ2v) is 3.92. The van der Waals surface area contributed by atoms with Crippen LogP contribution in [0.3, 0.4) is 0 Å². The van der Waals surface area contributed by atoms with Crippen LogP contribution in [0.5, 0.6) is 0 Å². The number of aliphatic hydroxyl groups excluding tert-OH is 1. The summed E-state index contributed by atoms with van der Waals surface area (Å²) in [5, 5.41) is 16.6. The summed E-state index contributed by atoms with van der Waals surface area (Å²) in [6.45, 7) is 7.19. The van der Waals surface area contributed by atoms with Crippen molar-refractivity contribution in [3.63, 3.8) is 0 Å². The predicted molar refractivity (Wildman–Crippen MR) is 54.7 cm³/mol. The molecule has 3 nitrogen and oxygen atoms in total. The average Bonchev–Trinajstić information content (AvgIpc) is 2.18. The van der Waals surface area contributed by atoms with E-state index in [0.29, 0.717) is 5.92 Å². The summed E-state index contributed by atoms with van der Waals surface area (Å²) in [6, 6.07) is 0.230. The molecule has 1 rings (SSSR count). The second kappa shape index (κ2) is 5.58. The van der Waals surface area contributed by atoms with Gasteiger partial charge in [-0.05, 0) is 45.3 Å². The molecule has 1 heterocycles. The molecule has 0 radical (unpaired) electrons. The Bertz CT molecular complexity index is 135. The Morgan fingerprint density at radius 3 is 2.62 bits per heavy atom. The normalized spacial score (nSPS) is 24.2. The highest BCUT2D eigenvalue weighted by atomic mass is 16.3. The Morgan fingerprint density at radius 2 is 2.08 bits per heavy atom. The van der Waals surface area contributed by atoms with Gasteiger partial charge in [0.15, 0.2) is 0 Å². The molecule has 3 heteroatoms. The van der Waals surface area contributed by atoms with E-state index in [0.717, 1.165) is 32.5 Å². The van der Waals surface area contributed by atoms with E-state index >= 15 is 0 Å². The van der Waals surface area contributed by atoms with Crippen molar-refractivity contribution in [3.8, 4) is 0 Å². The fourth-order valence-corrected chi connectivity index (χ4v) is 2.04. The third-order valence-electron chi connectivity index (χ3n) is 2.91. The maximum atomic E-state index is 9.98. The number of likely N-dealkylation sites (N-methyl/N-ethyl adjacent to an activating group) is 1. The van der Waals surface area contributed by atoms with Gasteiger partial charge in [0.1, 0.15) is 0 Å². The smallest absolute Gasteiger partial charge is 0.0719 e. The lowest BCUT2D eigenvalue weighted by Crippen LogP contribution is -2.45. The Kier molecular flexibility index (Phi) is 4.70. The standard InChI is InChI=1S/C10H22N2O/c1-3-12-8(2)10(13)9-4-6-11-7-5-9/h8-13H,3-7H2,1-2H3. The Morgan fingerprint density at radius 1 is 1.46 bits per heavy atom. The van der Waals surface area contributed by atoms with E-state index < -0.39 is 0 Å². The van der Waals surface area contributed by atoms with Crippen LogP contribution >= 0.6 is 0 Å². The van der Waals surface area contributed by atoms with E-state index in [1.54, 1.807) is 0 Å². The molecule has 1 aliphatic rings. The third-order valence-corrected chi connectivity index (χ3v) is 2.91. The van der Waals surface area contributed by atoms with Gasteiger partial charge < -0.3 is 15.7 Å². The summed E-state index contributed by atoms with van der Waals surface area (Å²) in [7, 11) is 0. The highest BCUT2D eigenvalue weighted by Gasteiger charge is 2.25. The van der Waals surface area contributed by atoms with E-state index in [-0.39, 0.29) is 12.1 Å². The van der Waals surface area contributed by atoms with Crippen molar-refractivity contribution in [2.24, 2.45) is 5.92 Å². The van der Waals surface area contributed by atoms with Gasteiger partial charge in [-0.1, -0.05) is 6.92 Å². The van der Waals surface area contributed by atoms with Crippen LogP contribution in [0.1, 0.15) is 26.7 Å². The van der Waals surface area contributed by atoms with E-state index in [2.05, 4.69) is 24.5 Å². The maximum absolute atomic E-state index is 9.98. The third kappa shape index (κ3) is 3.25. The zero-order valence-corrected chi connectivity index (χ0v) is 8.71. The maximum Gasteiger partial charge on any atom is 0.0719 e. The molecule has 1 saturated heterocycles. The van der Waals surface area contributed by atoms with E-state index in [1.807, 2.05) is 0 Å². The lowest BCUT2D eigenvalue weighted by Gasteiger charge is -2.31. The minimum absolute atomic E-state index is 0.179. The first kappa shape index (κ1) is 11.0. The number of hydrogen-bond donors (Lipinski definition) is 3. The molecule has 78 valence electrons. The number of aliphatic hydroxyl groups is 1. The summed E-state index contributed by atoms with van der Waals surface area (Å²) in [6.07, 6.45) is 2.04. The van der Waals surface area contributed by atoms with Gasteiger partial charge in [0.05, 0.1) is 6.10 Å². The van der Waals surface area contributed by atoms with Gasteiger partial charge in [0.25, 0.3) is 0 Å². The zero-order chi connectivity index (χ0) is 9.68. The van der Waals surface area contributed by atoms with E-state index in [9.17, 15) is 5.11 Å². The van der Waals surface area contributed by atoms with Crippen molar-refractivity contribution in [2.75, 3.05) is 19.6 Å². The first-order valence-electron chi connectivity index (χ1n) is 5.38. The van der Waals surface area contributed by atoms with Crippen molar-refractivity contribution in [1.82, 2.24) is 10.6 Å². The van der Waals surface area contributed by atoms with Crippen LogP contribution in [0, 0.1) is 5.92 Å². The average molecular weight is 186 g/mol. The van der Waals surface area contributed by atoms with Crippen LogP contribution in [0.4, 0.5) is 0 Å². The number of piperidine rings is 1. The van der Waals surface area contributed by atoms with E-state index in [4.69, 9.17) is 0 Å². The van der Waals surface area contributed by atoms with Crippen LogP contribution in [-0.2, 0) is 0 Å². The van der Waals surface area contributed by atoms with Gasteiger partial charge in [0.2, 0.25) is 0 Å². The summed E-state index contributed by atoms with van der Waals surface area (Å²) >= 11 is 0.